The lowest BCUT2D eigenvalue weighted by molar-refractivity contribution is 0.269. The minimum Gasteiger partial charge on any atom is -0.493 e. The number of methoxy groups -OCH3 is 1. The quantitative estimate of drug-likeness (QED) is 0.640. The van der Waals surface area contributed by atoms with Gasteiger partial charge >= 0.3 is 0 Å². The van der Waals surface area contributed by atoms with Gasteiger partial charge in [-0.3, -0.25) is 4.68 Å². The van der Waals surface area contributed by atoms with E-state index in [2.05, 4.69) is 5.10 Å². The molecule has 0 saturated carbocycles. The summed E-state index contributed by atoms with van der Waals surface area (Å²) in [4.78, 5) is 0. The molecule has 0 aliphatic carbocycles. The molecule has 4 heteroatoms. The monoisotopic (exact) mass is 142 g/mol. The van der Waals surface area contributed by atoms with Crippen molar-refractivity contribution in [3.63, 3.8) is 0 Å². The minimum absolute atomic E-state index is 0.102. The molecule has 0 fully saturated rings. The molecule has 0 atom stereocenters. The molecule has 10 heavy (non-hydrogen) atoms. The lowest BCUT2D eigenvalue weighted by Gasteiger charge is -1.93. The molecule has 0 aromatic carbocycles. The molecule has 1 N–H and O–H groups in total. The molecule has 0 spiro atoms. The van der Waals surface area contributed by atoms with E-state index in [0.717, 1.165) is 0 Å². The summed E-state index contributed by atoms with van der Waals surface area (Å²) in [6.07, 6.45) is 3.34. The van der Waals surface area contributed by atoms with E-state index in [1.165, 1.54) is 0 Å². The molecule has 0 amide bonds. The highest BCUT2D eigenvalue weighted by atomic mass is 16.5. The Bertz CT molecular complexity index is 197. The van der Waals surface area contributed by atoms with Crippen LogP contribution in [0.25, 0.3) is 0 Å². The smallest absolute Gasteiger partial charge is 0.156 e. The largest absolute Gasteiger partial charge is 0.493 e. The SMILES string of the molecule is COc1cnn(CCO)c1. The van der Waals surface area contributed by atoms with E-state index in [-0.39, 0.29) is 6.61 Å². The Balaban J connectivity index is 2.59. The van der Waals surface area contributed by atoms with Gasteiger partial charge in [-0.25, -0.2) is 0 Å². The first-order valence-corrected chi connectivity index (χ1v) is 3.04. The zero-order chi connectivity index (χ0) is 7.40. The predicted octanol–water partition coefficient (Wildman–Crippen LogP) is -0.116. The van der Waals surface area contributed by atoms with E-state index < -0.39 is 0 Å². The second kappa shape index (κ2) is 3.22. The highest BCUT2D eigenvalue weighted by Gasteiger charge is 1.94. The number of ether oxygens (including phenoxy) is 1. The van der Waals surface area contributed by atoms with Crippen molar-refractivity contribution in [2.45, 2.75) is 6.54 Å². The average Bonchev–Trinajstić information content (AvgIpc) is 2.37. The third kappa shape index (κ3) is 1.48. The van der Waals surface area contributed by atoms with Crippen molar-refractivity contribution in [1.29, 1.82) is 0 Å². The molecule has 0 radical (unpaired) electrons. The Morgan fingerprint density at radius 1 is 1.80 bits per heavy atom. The maximum Gasteiger partial charge on any atom is 0.156 e. The first-order chi connectivity index (χ1) is 4.86. The number of hydrogen-bond donors (Lipinski definition) is 1. The predicted molar refractivity (Wildman–Crippen MR) is 35.9 cm³/mol. The first kappa shape index (κ1) is 7.08. The summed E-state index contributed by atoms with van der Waals surface area (Å²) in [5.74, 6) is 0.716. The van der Waals surface area contributed by atoms with Gasteiger partial charge in [0.1, 0.15) is 0 Å². The summed E-state index contributed by atoms with van der Waals surface area (Å²) in [5.41, 5.74) is 0. The van der Waals surface area contributed by atoms with E-state index in [0.29, 0.717) is 12.3 Å². The lowest BCUT2D eigenvalue weighted by atomic mass is 10.6. The number of aliphatic hydroxyl groups excluding tert-OH is 1. The van der Waals surface area contributed by atoms with E-state index in [1.807, 2.05) is 0 Å². The van der Waals surface area contributed by atoms with Crippen LogP contribution in [-0.4, -0.2) is 28.6 Å². The molecular formula is C6H10N2O2. The lowest BCUT2D eigenvalue weighted by Crippen LogP contribution is -2.01. The number of aromatic nitrogens is 2. The van der Waals surface area contributed by atoms with E-state index in [9.17, 15) is 0 Å². The molecule has 1 heterocycles. The van der Waals surface area contributed by atoms with Crippen LogP contribution in [0.15, 0.2) is 12.4 Å². The molecule has 0 saturated heterocycles. The van der Waals surface area contributed by atoms with Crippen LogP contribution in [0.1, 0.15) is 0 Å². The fraction of sp³-hybridized carbons (Fsp3) is 0.500. The van der Waals surface area contributed by atoms with Crippen molar-refractivity contribution in [2.75, 3.05) is 13.7 Å². The summed E-state index contributed by atoms with van der Waals surface area (Å²) >= 11 is 0. The molecule has 1 aromatic heterocycles. The summed E-state index contributed by atoms with van der Waals surface area (Å²) in [7, 11) is 1.58. The van der Waals surface area contributed by atoms with Crippen molar-refractivity contribution in [2.24, 2.45) is 0 Å². The Hall–Kier alpha value is -1.03. The molecule has 1 rings (SSSR count). The maximum atomic E-state index is 8.50. The number of rotatable bonds is 3. The molecule has 0 aliphatic rings. The molecule has 1 aromatic rings. The van der Waals surface area contributed by atoms with Gasteiger partial charge in [-0.1, -0.05) is 0 Å². The van der Waals surface area contributed by atoms with Gasteiger partial charge in [0, 0.05) is 0 Å². The number of hydrogen-bond acceptors (Lipinski definition) is 3. The van der Waals surface area contributed by atoms with Gasteiger partial charge in [-0.05, 0) is 0 Å². The summed E-state index contributed by atoms with van der Waals surface area (Å²) in [6, 6.07) is 0. The van der Waals surface area contributed by atoms with Crippen molar-refractivity contribution in [3.8, 4) is 5.75 Å². The van der Waals surface area contributed by atoms with E-state index in [1.54, 1.807) is 24.2 Å². The fourth-order valence-corrected chi connectivity index (χ4v) is 0.675. The van der Waals surface area contributed by atoms with Crippen LogP contribution in [0.4, 0.5) is 0 Å². The molecule has 4 nitrogen and oxygen atoms in total. The summed E-state index contributed by atoms with van der Waals surface area (Å²) < 4.78 is 6.50. The third-order valence-electron chi connectivity index (χ3n) is 1.17. The van der Waals surface area contributed by atoms with Gasteiger partial charge in [0.25, 0.3) is 0 Å². The first-order valence-electron chi connectivity index (χ1n) is 3.04. The number of nitrogens with zero attached hydrogens (tertiary/aromatic N) is 2. The molecule has 56 valence electrons. The molecule has 0 unspecified atom stereocenters. The van der Waals surface area contributed by atoms with E-state index >= 15 is 0 Å². The zero-order valence-electron chi connectivity index (χ0n) is 5.82. The molecule has 0 aliphatic heterocycles. The Kier molecular flexibility index (Phi) is 2.28. The van der Waals surface area contributed by atoms with Gasteiger partial charge in [0.15, 0.2) is 5.75 Å². The Labute approximate surface area is 59.0 Å². The van der Waals surface area contributed by atoms with Crippen molar-refractivity contribution >= 4 is 0 Å². The van der Waals surface area contributed by atoms with Crippen molar-refractivity contribution in [1.82, 2.24) is 9.78 Å². The van der Waals surface area contributed by atoms with Crippen LogP contribution in [0.2, 0.25) is 0 Å². The summed E-state index contributed by atoms with van der Waals surface area (Å²) in [5, 5.41) is 12.4. The average molecular weight is 142 g/mol. The van der Waals surface area contributed by atoms with Gasteiger partial charge in [0.2, 0.25) is 0 Å². The topological polar surface area (TPSA) is 47.3 Å². The van der Waals surface area contributed by atoms with Gasteiger partial charge in [-0.15, -0.1) is 0 Å². The zero-order valence-corrected chi connectivity index (χ0v) is 5.82. The van der Waals surface area contributed by atoms with Gasteiger partial charge in [0.05, 0.1) is 32.7 Å². The van der Waals surface area contributed by atoms with Gasteiger partial charge in [-0.2, -0.15) is 5.10 Å². The van der Waals surface area contributed by atoms with Crippen LogP contribution >= 0.6 is 0 Å². The number of aliphatic hydroxyl groups is 1. The Morgan fingerprint density at radius 3 is 3.10 bits per heavy atom. The Morgan fingerprint density at radius 2 is 2.60 bits per heavy atom. The van der Waals surface area contributed by atoms with Crippen LogP contribution < -0.4 is 4.74 Å². The van der Waals surface area contributed by atoms with E-state index in [4.69, 9.17) is 9.84 Å². The van der Waals surface area contributed by atoms with Crippen LogP contribution in [0.3, 0.4) is 0 Å². The van der Waals surface area contributed by atoms with Crippen molar-refractivity contribution in [3.05, 3.63) is 12.4 Å². The fourth-order valence-electron chi connectivity index (χ4n) is 0.675. The second-order valence-corrected chi connectivity index (χ2v) is 1.87. The summed E-state index contributed by atoms with van der Waals surface area (Å²) in [6.45, 7) is 0.619. The highest BCUT2D eigenvalue weighted by Crippen LogP contribution is 2.05. The molecule has 0 bridgehead atoms. The maximum absolute atomic E-state index is 8.50. The third-order valence-corrected chi connectivity index (χ3v) is 1.17. The standard InChI is InChI=1S/C6H10N2O2/c1-10-6-4-7-8(5-6)2-3-9/h4-5,9H,2-3H2,1H3. The van der Waals surface area contributed by atoms with Crippen LogP contribution in [0, 0.1) is 0 Å². The van der Waals surface area contributed by atoms with Gasteiger partial charge < -0.3 is 9.84 Å². The molecular weight excluding hydrogens is 132 g/mol. The second-order valence-electron chi connectivity index (χ2n) is 1.87. The normalized spacial score (nSPS) is 9.80. The highest BCUT2D eigenvalue weighted by molar-refractivity contribution is 5.10. The van der Waals surface area contributed by atoms with Crippen LogP contribution in [0.5, 0.6) is 5.75 Å². The minimum atomic E-state index is 0.102. The van der Waals surface area contributed by atoms with Crippen molar-refractivity contribution < 1.29 is 9.84 Å². The van der Waals surface area contributed by atoms with Crippen LogP contribution in [-0.2, 0) is 6.54 Å².